The van der Waals surface area contributed by atoms with Crippen molar-refractivity contribution in [1.29, 1.82) is 0 Å². The van der Waals surface area contributed by atoms with Crippen LogP contribution in [0.3, 0.4) is 0 Å². The summed E-state index contributed by atoms with van der Waals surface area (Å²) in [5.74, 6) is -0.00742. The molecule has 1 aromatic rings. The lowest BCUT2D eigenvalue weighted by molar-refractivity contribution is -0.137. The standard InChI is InChI=1S/C9H11ClN2O2S/c10-6-1-2-12-7(3-6)4-15-5-8(11)9(13)14/h1-3,8H,4-5,11H2,(H,13,14). The van der Waals surface area contributed by atoms with Crippen LogP contribution in [-0.2, 0) is 10.5 Å². The molecule has 0 spiro atoms. The van der Waals surface area contributed by atoms with E-state index in [0.29, 0.717) is 16.5 Å². The van der Waals surface area contributed by atoms with Crippen molar-refractivity contribution < 1.29 is 9.90 Å². The molecule has 1 aromatic heterocycles. The minimum Gasteiger partial charge on any atom is -0.480 e. The molecule has 1 atom stereocenters. The van der Waals surface area contributed by atoms with Gasteiger partial charge in [-0.25, -0.2) is 0 Å². The number of carboxylic acid groups (broad SMARTS) is 1. The van der Waals surface area contributed by atoms with Crippen LogP contribution in [0.15, 0.2) is 18.3 Å². The Morgan fingerprint density at radius 3 is 3.07 bits per heavy atom. The highest BCUT2D eigenvalue weighted by atomic mass is 35.5. The minimum atomic E-state index is -0.985. The van der Waals surface area contributed by atoms with Crippen LogP contribution >= 0.6 is 23.4 Å². The normalized spacial score (nSPS) is 12.4. The fraction of sp³-hybridized carbons (Fsp3) is 0.333. The minimum absolute atomic E-state index is 0.365. The number of rotatable bonds is 5. The second-order valence-electron chi connectivity index (χ2n) is 2.93. The molecule has 0 aromatic carbocycles. The predicted molar refractivity (Wildman–Crippen MR) is 61.0 cm³/mol. The molecular weight excluding hydrogens is 236 g/mol. The van der Waals surface area contributed by atoms with Crippen LogP contribution < -0.4 is 5.73 Å². The zero-order valence-corrected chi connectivity index (χ0v) is 9.46. The maximum absolute atomic E-state index is 10.4. The quantitative estimate of drug-likeness (QED) is 0.821. The van der Waals surface area contributed by atoms with Crippen LogP contribution in [0.25, 0.3) is 0 Å². The number of nitrogens with zero attached hydrogens (tertiary/aromatic N) is 1. The summed E-state index contributed by atoms with van der Waals surface area (Å²) in [5, 5.41) is 9.18. The Labute approximate surface area is 96.8 Å². The molecular formula is C9H11ClN2O2S. The summed E-state index contributed by atoms with van der Waals surface area (Å²) < 4.78 is 0. The zero-order valence-electron chi connectivity index (χ0n) is 7.89. The number of halogens is 1. The molecule has 0 saturated heterocycles. The first-order valence-corrected chi connectivity index (χ1v) is 5.79. The zero-order chi connectivity index (χ0) is 11.3. The van der Waals surface area contributed by atoms with Gasteiger partial charge in [0.1, 0.15) is 6.04 Å². The van der Waals surface area contributed by atoms with Crippen molar-refractivity contribution in [2.45, 2.75) is 11.8 Å². The molecule has 0 aliphatic rings. The summed E-state index contributed by atoms with van der Waals surface area (Å²) in [6.45, 7) is 0. The van der Waals surface area contributed by atoms with Gasteiger partial charge in [-0.15, -0.1) is 0 Å². The van der Waals surface area contributed by atoms with Gasteiger partial charge in [-0.3, -0.25) is 9.78 Å². The van der Waals surface area contributed by atoms with Crippen LogP contribution in [0.4, 0.5) is 0 Å². The number of carbonyl (C=O) groups is 1. The fourth-order valence-electron chi connectivity index (χ4n) is 0.889. The van der Waals surface area contributed by atoms with Gasteiger partial charge in [-0.05, 0) is 12.1 Å². The monoisotopic (exact) mass is 246 g/mol. The van der Waals surface area contributed by atoms with Gasteiger partial charge in [0, 0.05) is 22.7 Å². The van der Waals surface area contributed by atoms with E-state index >= 15 is 0 Å². The molecule has 1 rings (SSSR count). The molecule has 4 nitrogen and oxygen atoms in total. The summed E-state index contributed by atoms with van der Waals surface area (Å²) >= 11 is 7.19. The number of hydrogen-bond acceptors (Lipinski definition) is 4. The molecule has 1 heterocycles. The third-order valence-corrected chi connectivity index (χ3v) is 2.97. The van der Waals surface area contributed by atoms with Gasteiger partial charge in [0.05, 0.1) is 5.69 Å². The fourth-order valence-corrected chi connectivity index (χ4v) is 1.95. The van der Waals surface area contributed by atoms with Gasteiger partial charge < -0.3 is 10.8 Å². The third-order valence-electron chi connectivity index (χ3n) is 1.64. The van der Waals surface area contributed by atoms with Crippen molar-refractivity contribution in [3.05, 3.63) is 29.0 Å². The molecule has 82 valence electrons. The Kier molecular flexibility index (Phi) is 4.87. The van der Waals surface area contributed by atoms with E-state index < -0.39 is 12.0 Å². The third kappa shape index (κ3) is 4.51. The first kappa shape index (κ1) is 12.3. The summed E-state index contributed by atoms with van der Waals surface area (Å²) in [5.41, 5.74) is 6.17. The van der Waals surface area contributed by atoms with E-state index in [0.717, 1.165) is 5.69 Å². The SMILES string of the molecule is NC(CSCc1cc(Cl)ccn1)C(=O)O. The van der Waals surface area contributed by atoms with E-state index in [1.807, 2.05) is 0 Å². The summed E-state index contributed by atoms with van der Waals surface area (Å²) in [7, 11) is 0. The van der Waals surface area contributed by atoms with Gasteiger partial charge in [0.2, 0.25) is 0 Å². The smallest absolute Gasteiger partial charge is 0.321 e. The highest BCUT2D eigenvalue weighted by Crippen LogP contribution is 2.14. The van der Waals surface area contributed by atoms with Crippen molar-refractivity contribution in [2.75, 3.05) is 5.75 Å². The molecule has 0 bridgehead atoms. The van der Waals surface area contributed by atoms with Gasteiger partial charge in [-0.1, -0.05) is 11.6 Å². The van der Waals surface area contributed by atoms with Crippen molar-refractivity contribution in [1.82, 2.24) is 4.98 Å². The Hall–Kier alpha value is -0.780. The van der Waals surface area contributed by atoms with Crippen molar-refractivity contribution in [3.63, 3.8) is 0 Å². The van der Waals surface area contributed by atoms with Crippen LogP contribution in [0.1, 0.15) is 5.69 Å². The first-order valence-electron chi connectivity index (χ1n) is 4.26. The van der Waals surface area contributed by atoms with Crippen molar-refractivity contribution >= 4 is 29.3 Å². The van der Waals surface area contributed by atoms with Crippen LogP contribution in [0.2, 0.25) is 5.02 Å². The average Bonchev–Trinajstić information content (AvgIpc) is 2.17. The molecule has 0 radical (unpaired) electrons. The number of nitrogens with two attached hydrogens (primary N) is 1. The number of pyridine rings is 1. The topological polar surface area (TPSA) is 76.2 Å². The van der Waals surface area contributed by atoms with Crippen LogP contribution in [-0.4, -0.2) is 27.9 Å². The summed E-state index contributed by atoms with van der Waals surface area (Å²) in [6.07, 6.45) is 1.62. The molecule has 15 heavy (non-hydrogen) atoms. The Morgan fingerprint density at radius 2 is 2.47 bits per heavy atom. The molecule has 6 heteroatoms. The molecule has 0 fully saturated rings. The maximum atomic E-state index is 10.4. The lowest BCUT2D eigenvalue weighted by Gasteiger charge is -2.05. The van der Waals surface area contributed by atoms with Crippen LogP contribution in [0, 0.1) is 0 Å². The Balaban J connectivity index is 2.35. The summed E-state index contributed by atoms with van der Waals surface area (Å²) in [4.78, 5) is 14.5. The lowest BCUT2D eigenvalue weighted by Crippen LogP contribution is -2.32. The largest absolute Gasteiger partial charge is 0.480 e. The van der Waals surface area contributed by atoms with E-state index in [2.05, 4.69) is 4.98 Å². The predicted octanol–water partition coefficient (Wildman–Crippen LogP) is 1.38. The van der Waals surface area contributed by atoms with E-state index in [4.69, 9.17) is 22.4 Å². The molecule has 3 N–H and O–H groups in total. The number of aromatic nitrogens is 1. The van der Waals surface area contributed by atoms with Crippen molar-refractivity contribution in [3.8, 4) is 0 Å². The Morgan fingerprint density at radius 1 is 1.73 bits per heavy atom. The van der Waals surface area contributed by atoms with Gasteiger partial charge in [-0.2, -0.15) is 11.8 Å². The number of carboxylic acids is 1. The Bertz CT molecular complexity index is 349. The summed E-state index contributed by atoms with van der Waals surface area (Å²) in [6, 6.07) is 2.62. The average molecular weight is 247 g/mol. The molecule has 0 amide bonds. The second kappa shape index (κ2) is 5.95. The lowest BCUT2D eigenvalue weighted by atomic mass is 10.4. The van der Waals surface area contributed by atoms with Gasteiger partial charge in [0.25, 0.3) is 0 Å². The van der Waals surface area contributed by atoms with Crippen LogP contribution in [0.5, 0.6) is 0 Å². The van der Waals surface area contributed by atoms with E-state index in [1.54, 1.807) is 18.3 Å². The van der Waals surface area contributed by atoms with Gasteiger partial charge >= 0.3 is 5.97 Å². The number of hydrogen-bond donors (Lipinski definition) is 2. The van der Waals surface area contributed by atoms with E-state index in [1.165, 1.54) is 11.8 Å². The highest BCUT2D eigenvalue weighted by Gasteiger charge is 2.10. The maximum Gasteiger partial charge on any atom is 0.321 e. The van der Waals surface area contributed by atoms with E-state index in [9.17, 15) is 4.79 Å². The number of thioether (sulfide) groups is 1. The van der Waals surface area contributed by atoms with Crippen molar-refractivity contribution in [2.24, 2.45) is 5.73 Å². The molecule has 0 aliphatic carbocycles. The first-order chi connectivity index (χ1) is 7.09. The van der Waals surface area contributed by atoms with E-state index in [-0.39, 0.29) is 0 Å². The molecule has 1 unspecified atom stereocenters. The molecule has 0 aliphatic heterocycles. The molecule has 0 saturated carbocycles. The number of aliphatic carboxylic acids is 1. The van der Waals surface area contributed by atoms with Gasteiger partial charge in [0.15, 0.2) is 0 Å². The highest BCUT2D eigenvalue weighted by molar-refractivity contribution is 7.98. The second-order valence-corrected chi connectivity index (χ2v) is 4.39.